The summed E-state index contributed by atoms with van der Waals surface area (Å²) in [5.41, 5.74) is 6.23. The Morgan fingerprint density at radius 1 is 1.03 bits per heavy atom. The van der Waals surface area contributed by atoms with Gasteiger partial charge in [0.1, 0.15) is 5.69 Å². The number of alkyl halides is 3. The molecule has 3 N–H and O–H groups in total. The fourth-order valence-electron chi connectivity index (χ4n) is 6.78. The van der Waals surface area contributed by atoms with Gasteiger partial charge in [-0.25, -0.2) is 0 Å². The lowest BCUT2D eigenvalue weighted by molar-refractivity contribution is -0.149. The number of nitrogens with zero attached hydrogens (tertiary/aromatic N) is 1. The second-order valence-corrected chi connectivity index (χ2v) is 9.88. The zero-order chi connectivity index (χ0) is 22.8. The highest BCUT2D eigenvalue weighted by Crippen LogP contribution is 2.60. The van der Waals surface area contributed by atoms with E-state index in [4.69, 9.17) is 5.73 Å². The molecule has 2 amide bonds. The van der Waals surface area contributed by atoms with E-state index in [1.807, 2.05) is 7.05 Å². The van der Waals surface area contributed by atoms with Crippen molar-refractivity contribution in [2.45, 2.75) is 44.3 Å². The molecule has 8 heteroatoms. The smallest absolute Gasteiger partial charge is 0.369 e. The van der Waals surface area contributed by atoms with Gasteiger partial charge in [-0.05, 0) is 79.7 Å². The summed E-state index contributed by atoms with van der Waals surface area (Å²) in [7, 11) is 1.81. The summed E-state index contributed by atoms with van der Waals surface area (Å²) in [4.78, 5) is 30.3. The van der Waals surface area contributed by atoms with Crippen molar-refractivity contribution in [1.82, 2.24) is 9.88 Å². The van der Waals surface area contributed by atoms with Crippen molar-refractivity contribution in [2.24, 2.45) is 28.9 Å². The second kappa shape index (κ2) is 7.12. The van der Waals surface area contributed by atoms with Crippen LogP contribution in [-0.2, 0) is 11.0 Å². The number of hydrogen-bond acceptors (Lipinski definition) is 2. The lowest BCUT2D eigenvalue weighted by Gasteiger charge is -2.60. The van der Waals surface area contributed by atoms with Gasteiger partial charge in [0, 0.05) is 24.2 Å². The quantitative estimate of drug-likeness (QED) is 0.729. The Bertz CT molecular complexity index is 1040. The summed E-state index contributed by atoms with van der Waals surface area (Å²) in [6.45, 7) is 0. The van der Waals surface area contributed by atoms with Gasteiger partial charge in [-0.1, -0.05) is 12.1 Å². The van der Waals surface area contributed by atoms with Gasteiger partial charge in [-0.3, -0.25) is 9.59 Å². The van der Waals surface area contributed by atoms with Crippen molar-refractivity contribution in [2.75, 3.05) is 7.05 Å². The first-order valence-electron chi connectivity index (χ1n) is 11.0. The molecule has 0 saturated heterocycles. The molecule has 170 valence electrons. The van der Waals surface area contributed by atoms with Gasteiger partial charge in [-0.2, -0.15) is 13.2 Å². The van der Waals surface area contributed by atoms with Crippen LogP contribution < -0.4 is 5.73 Å². The van der Waals surface area contributed by atoms with E-state index in [9.17, 15) is 22.8 Å². The van der Waals surface area contributed by atoms with Gasteiger partial charge < -0.3 is 15.6 Å². The number of carbonyl (C=O) groups is 2. The molecule has 6 rings (SSSR count). The summed E-state index contributed by atoms with van der Waals surface area (Å²) in [5.74, 6) is 0.708. The third-order valence-corrected chi connectivity index (χ3v) is 7.95. The lowest BCUT2D eigenvalue weighted by atomic mass is 9.47. The molecule has 1 aromatic carbocycles. The van der Waals surface area contributed by atoms with Crippen LogP contribution in [0.4, 0.5) is 13.2 Å². The van der Waals surface area contributed by atoms with Crippen LogP contribution in [0.25, 0.3) is 11.3 Å². The van der Waals surface area contributed by atoms with Gasteiger partial charge in [-0.15, -0.1) is 0 Å². The fraction of sp³-hybridized carbons (Fsp3) is 0.500. The summed E-state index contributed by atoms with van der Waals surface area (Å²) < 4.78 is 38.4. The van der Waals surface area contributed by atoms with Crippen LogP contribution >= 0.6 is 0 Å². The molecule has 4 aliphatic rings. The number of aromatic nitrogens is 1. The highest BCUT2D eigenvalue weighted by atomic mass is 19.4. The standard InChI is InChI=1S/C24H26F3N3O2/c1-30(20-15-8-13-9-16(20)12-23(10-13,11-15)22(28)32)21(31)19-7-6-18(29-19)14-2-4-17(5-3-14)24(25,26)27/h2-7,13,15-16,20,29H,8-12H2,1H3,(H2,28,32). The average Bonchev–Trinajstić information content (AvgIpc) is 3.22. The van der Waals surface area contributed by atoms with Gasteiger partial charge in [0.15, 0.2) is 0 Å². The Morgan fingerprint density at radius 2 is 1.66 bits per heavy atom. The number of halogens is 3. The predicted octanol–water partition coefficient (Wildman–Crippen LogP) is 4.45. The molecule has 1 aromatic heterocycles. The third-order valence-electron chi connectivity index (χ3n) is 7.95. The summed E-state index contributed by atoms with van der Waals surface area (Å²) in [6.07, 6.45) is 0.0413. The molecule has 0 spiro atoms. The number of aromatic amines is 1. The van der Waals surface area contributed by atoms with E-state index in [1.54, 1.807) is 17.0 Å². The van der Waals surface area contributed by atoms with Gasteiger partial charge in [0.05, 0.1) is 5.56 Å². The number of primary amides is 1. The second-order valence-electron chi connectivity index (χ2n) is 9.88. The molecule has 1 heterocycles. The summed E-state index contributed by atoms with van der Waals surface area (Å²) in [5, 5.41) is 0. The summed E-state index contributed by atoms with van der Waals surface area (Å²) in [6, 6.07) is 8.32. The Labute approximate surface area is 184 Å². The molecule has 32 heavy (non-hydrogen) atoms. The molecular formula is C24H26F3N3O2. The van der Waals surface area contributed by atoms with Crippen molar-refractivity contribution >= 4 is 11.8 Å². The molecule has 0 aliphatic heterocycles. The molecule has 4 aliphatic carbocycles. The van der Waals surface area contributed by atoms with Crippen molar-refractivity contribution in [3.05, 3.63) is 47.7 Å². The van der Waals surface area contributed by atoms with Crippen LogP contribution in [0.2, 0.25) is 0 Å². The predicted molar refractivity (Wildman–Crippen MR) is 112 cm³/mol. The van der Waals surface area contributed by atoms with Gasteiger partial charge in [0.25, 0.3) is 5.91 Å². The molecule has 0 radical (unpaired) electrons. The minimum absolute atomic E-state index is 0.0735. The Balaban J connectivity index is 1.34. The van der Waals surface area contributed by atoms with E-state index in [0.717, 1.165) is 44.2 Å². The van der Waals surface area contributed by atoms with E-state index >= 15 is 0 Å². The van der Waals surface area contributed by atoms with E-state index in [-0.39, 0.29) is 29.7 Å². The molecule has 4 fully saturated rings. The topological polar surface area (TPSA) is 79.2 Å². The van der Waals surface area contributed by atoms with Crippen LogP contribution in [0.3, 0.4) is 0 Å². The number of carbonyl (C=O) groups excluding carboxylic acids is 2. The van der Waals surface area contributed by atoms with Gasteiger partial charge >= 0.3 is 6.18 Å². The molecular weight excluding hydrogens is 419 g/mol. The molecule has 4 saturated carbocycles. The van der Waals surface area contributed by atoms with Crippen molar-refractivity contribution in [3.63, 3.8) is 0 Å². The third kappa shape index (κ3) is 3.31. The van der Waals surface area contributed by atoms with E-state index in [0.29, 0.717) is 22.9 Å². The highest BCUT2D eigenvalue weighted by molar-refractivity contribution is 5.93. The first-order valence-corrected chi connectivity index (χ1v) is 11.0. The lowest BCUT2D eigenvalue weighted by Crippen LogP contribution is -2.62. The van der Waals surface area contributed by atoms with Crippen molar-refractivity contribution in [3.8, 4) is 11.3 Å². The van der Waals surface area contributed by atoms with Crippen LogP contribution in [0, 0.1) is 23.2 Å². The molecule has 2 unspecified atom stereocenters. The van der Waals surface area contributed by atoms with E-state index in [1.165, 1.54) is 12.1 Å². The minimum atomic E-state index is -4.39. The number of nitrogens with two attached hydrogens (primary N) is 1. The van der Waals surface area contributed by atoms with Gasteiger partial charge in [0.2, 0.25) is 5.91 Å². The van der Waals surface area contributed by atoms with Crippen molar-refractivity contribution < 1.29 is 22.8 Å². The number of H-pyrrole nitrogens is 1. The SMILES string of the molecule is CN(C(=O)c1ccc(-c2ccc(C(F)(F)F)cc2)[nH]1)C1C2CC3CC1CC(C(N)=O)(C3)C2. The minimum Gasteiger partial charge on any atom is -0.369 e. The van der Waals surface area contributed by atoms with E-state index in [2.05, 4.69) is 4.98 Å². The number of rotatable bonds is 4. The first kappa shape index (κ1) is 21.1. The number of amides is 2. The Morgan fingerprint density at radius 3 is 2.22 bits per heavy atom. The van der Waals surface area contributed by atoms with Crippen LogP contribution in [0.5, 0.6) is 0 Å². The Hall–Kier alpha value is -2.77. The van der Waals surface area contributed by atoms with Crippen LogP contribution in [0.1, 0.15) is 48.2 Å². The zero-order valence-electron chi connectivity index (χ0n) is 17.8. The molecule has 2 atom stereocenters. The highest BCUT2D eigenvalue weighted by Gasteiger charge is 2.59. The monoisotopic (exact) mass is 445 g/mol. The maximum Gasteiger partial charge on any atom is 0.416 e. The van der Waals surface area contributed by atoms with Crippen LogP contribution in [-0.4, -0.2) is 34.8 Å². The molecule has 2 aromatic rings. The fourth-order valence-corrected chi connectivity index (χ4v) is 6.78. The number of hydrogen-bond donors (Lipinski definition) is 2. The number of benzene rings is 1. The molecule has 5 nitrogen and oxygen atoms in total. The summed E-state index contributed by atoms with van der Waals surface area (Å²) >= 11 is 0. The van der Waals surface area contributed by atoms with Crippen LogP contribution in [0.15, 0.2) is 36.4 Å². The Kier molecular flexibility index (Phi) is 4.69. The van der Waals surface area contributed by atoms with Crippen molar-refractivity contribution in [1.29, 1.82) is 0 Å². The largest absolute Gasteiger partial charge is 0.416 e. The number of nitrogens with one attached hydrogen (secondary N) is 1. The zero-order valence-corrected chi connectivity index (χ0v) is 17.8. The maximum absolute atomic E-state index is 13.3. The molecule has 4 bridgehead atoms. The first-order chi connectivity index (χ1) is 15.1. The normalized spacial score (nSPS) is 31.0. The maximum atomic E-state index is 13.3. The average molecular weight is 445 g/mol. The van der Waals surface area contributed by atoms with E-state index < -0.39 is 17.2 Å².